The molecule has 1 saturated carbocycles. The maximum atomic E-state index is 13.3. The Balaban J connectivity index is 1.49. The normalized spacial score (nSPS) is 18.8. The second-order valence-corrected chi connectivity index (χ2v) is 7.86. The van der Waals surface area contributed by atoms with Gasteiger partial charge in [-0.1, -0.05) is 0 Å². The number of hydrogen-bond donors (Lipinski definition) is 1. The summed E-state index contributed by atoms with van der Waals surface area (Å²) in [7, 11) is 0. The lowest BCUT2D eigenvalue weighted by Gasteiger charge is -2.12. The molecule has 1 amide bonds. The molecular weight excluding hydrogens is 389 g/mol. The van der Waals surface area contributed by atoms with Gasteiger partial charge in [-0.2, -0.15) is 10.2 Å². The summed E-state index contributed by atoms with van der Waals surface area (Å²) >= 11 is 0. The van der Waals surface area contributed by atoms with E-state index in [9.17, 15) is 14.0 Å². The van der Waals surface area contributed by atoms with Crippen LogP contribution >= 0.6 is 0 Å². The van der Waals surface area contributed by atoms with Crippen LogP contribution in [-0.4, -0.2) is 44.7 Å². The van der Waals surface area contributed by atoms with E-state index >= 15 is 0 Å². The highest BCUT2D eigenvalue weighted by Gasteiger charge is 2.30. The molecule has 1 N–H and O–H groups in total. The minimum atomic E-state index is -0.400. The van der Waals surface area contributed by atoms with Crippen LogP contribution in [0, 0.1) is 5.82 Å². The number of carbonyl (C=O) groups excluding carboxylic acids is 1. The van der Waals surface area contributed by atoms with Crippen molar-refractivity contribution in [3.63, 3.8) is 0 Å². The molecule has 3 heterocycles. The van der Waals surface area contributed by atoms with Gasteiger partial charge in [-0.15, -0.1) is 0 Å². The molecule has 3 aromatic rings. The van der Waals surface area contributed by atoms with Crippen LogP contribution in [0.15, 0.2) is 35.3 Å². The minimum absolute atomic E-state index is 0.0306. The maximum Gasteiger partial charge on any atom is 0.293 e. The Labute approximate surface area is 171 Å². The number of ether oxygens (including phenoxy) is 1. The maximum absolute atomic E-state index is 13.3. The standard InChI is InChI=1S/C21H22FN5O3/c22-14-5-7-15(8-6-14)27-20-17(11-24-27)19(13-3-4-13)25-26(21(20)29)12-18(28)23-10-16-2-1-9-30-16/h5-8,11,13,16H,1-4,9-10,12H2,(H,23,28). The summed E-state index contributed by atoms with van der Waals surface area (Å²) in [6.45, 7) is 0.977. The molecule has 0 spiro atoms. The van der Waals surface area contributed by atoms with Crippen molar-refractivity contribution in [3.8, 4) is 5.69 Å². The second-order valence-electron chi connectivity index (χ2n) is 7.86. The molecule has 156 valence electrons. The molecule has 1 unspecified atom stereocenters. The van der Waals surface area contributed by atoms with Crippen LogP contribution in [0.3, 0.4) is 0 Å². The van der Waals surface area contributed by atoms with Gasteiger partial charge < -0.3 is 10.1 Å². The largest absolute Gasteiger partial charge is 0.376 e. The molecular formula is C21H22FN5O3. The number of rotatable bonds is 6. The topological polar surface area (TPSA) is 91.0 Å². The van der Waals surface area contributed by atoms with Gasteiger partial charge in [0.15, 0.2) is 0 Å². The molecule has 2 aromatic heterocycles. The highest BCUT2D eigenvalue weighted by Crippen LogP contribution is 2.41. The number of amides is 1. The Morgan fingerprint density at radius 2 is 2.03 bits per heavy atom. The predicted molar refractivity (Wildman–Crippen MR) is 107 cm³/mol. The van der Waals surface area contributed by atoms with E-state index in [1.807, 2.05) is 0 Å². The first-order chi connectivity index (χ1) is 14.6. The van der Waals surface area contributed by atoms with Gasteiger partial charge in [0.1, 0.15) is 17.9 Å². The van der Waals surface area contributed by atoms with E-state index in [0.717, 1.165) is 38.0 Å². The Bertz CT molecular complexity index is 1140. The van der Waals surface area contributed by atoms with Crippen molar-refractivity contribution >= 4 is 16.8 Å². The third-order valence-electron chi connectivity index (χ3n) is 5.59. The Hall–Kier alpha value is -3.07. The predicted octanol–water partition coefficient (Wildman–Crippen LogP) is 1.89. The average Bonchev–Trinajstić information content (AvgIpc) is 3.26. The van der Waals surface area contributed by atoms with Crippen molar-refractivity contribution in [2.24, 2.45) is 0 Å². The minimum Gasteiger partial charge on any atom is -0.376 e. The number of benzene rings is 1. The zero-order chi connectivity index (χ0) is 20.7. The van der Waals surface area contributed by atoms with Gasteiger partial charge in [0.25, 0.3) is 5.56 Å². The van der Waals surface area contributed by atoms with Gasteiger partial charge in [0.2, 0.25) is 5.91 Å². The van der Waals surface area contributed by atoms with Gasteiger partial charge in [-0.3, -0.25) is 9.59 Å². The molecule has 0 bridgehead atoms. The molecule has 1 aromatic carbocycles. The summed E-state index contributed by atoms with van der Waals surface area (Å²) in [4.78, 5) is 25.7. The van der Waals surface area contributed by atoms with Crippen molar-refractivity contribution in [2.75, 3.05) is 13.2 Å². The van der Waals surface area contributed by atoms with Gasteiger partial charge in [-0.25, -0.2) is 13.8 Å². The Morgan fingerprint density at radius 1 is 1.23 bits per heavy atom. The van der Waals surface area contributed by atoms with Gasteiger partial charge in [-0.05, 0) is 49.9 Å². The van der Waals surface area contributed by atoms with E-state index in [-0.39, 0.29) is 30.3 Å². The number of fused-ring (bicyclic) bond motifs is 1. The van der Waals surface area contributed by atoms with Crippen molar-refractivity contribution in [3.05, 3.63) is 52.3 Å². The lowest BCUT2D eigenvalue weighted by molar-refractivity contribution is -0.122. The van der Waals surface area contributed by atoms with Crippen molar-refractivity contribution < 1.29 is 13.9 Å². The summed E-state index contributed by atoms with van der Waals surface area (Å²) in [5.74, 6) is -0.384. The second kappa shape index (κ2) is 7.64. The highest BCUT2D eigenvalue weighted by molar-refractivity contribution is 5.83. The first-order valence-electron chi connectivity index (χ1n) is 10.2. The van der Waals surface area contributed by atoms with Crippen LogP contribution in [0.2, 0.25) is 0 Å². The average molecular weight is 411 g/mol. The number of halogens is 1. The molecule has 1 saturated heterocycles. The summed E-state index contributed by atoms with van der Waals surface area (Å²) in [5, 5.41) is 12.4. The first-order valence-corrected chi connectivity index (χ1v) is 10.2. The SMILES string of the molecule is O=C(Cn1nc(C2CC2)c2cnn(-c3ccc(F)cc3)c2c1=O)NCC1CCCO1. The molecule has 1 aliphatic heterocycles. The van der Waals surface area contributed by atoms with E-state index in [4.69, 9.17) is 4.74 Å². The fourth-order valence-electron chi connectivity index (χ4n) is 3.86. The van der Waals surface area contributed by atoms with Crippen molar-refractivity contribution in [1.29, 1.82) is 0 Å². The molecule has 2 fully saturated rings. The van der Waals surface area contributed by atoms with Gasteiger partial charge in [0, 0.05) is 24.5 Å². The summed E-state index contributed by atoms with van der Waals surface area (Å²) < 4.78 is 21.6. The van der Waals surface area contributed by atoms with Crippen LogP contribution in [0.1, 0.15) is 37.3 Å². The molecule has 30 heavy (non-hydrogen) atoms. The lowest BCUT2D eigenvalue weighted by Crippen LogP contribution is -2.38. The van der Waals surface area contributed by atoms with E-state index in [1.54, 1.807) is 18.3 Å². The molecule has 8 nitrogen and oxygen atoms in total. The molecule has 1 atom stereocenters. The molecule has 2 aliphatic rings. The van der Waals surface area contributed by atoms with Crippen molar-refractivity contribution in [1.82, 2.24) is 24.9 Å². The lowest BCUT2D eigenvalue weighted by atomic mass is 10.2. The highest BCUT2D eigenvalue weighted by atomic mass is 19.1. The number of carbonyl (C=O) groups is 1. The van der Waals surface area contributed by atoms with Gasteiger partial charge in [0.05, 0.1) is 23.7 Å². The van der Waals surface area contributed by atoms with Crippen LogP contribution in [0.4, 0.5) is 4.39 Å². The third kappa shape index (κ3) is 3.60. The Morgan fingerprint density at radius 3 is 2.73 bits per heavy atom. The summed E-state index contributed by atoms with van der Waals surface area (Å²) in [5.41, 5.74) is 1.31. The van der Waals surface area contributed by atoms with Gasteiger partial charge >= 0.3 is 0 Å². The van der Waals surface area contributed by atoms with E-state index < -0.39 is 5.56 Å². The van der Waals surface area contributed by atoms with E-state index in [0.29, 0.717) is 23.1 Å². The number of nitrogens with zero attached hydrogens (tertiary/aromatic N) is 4. The van der Waals surface area contributed by atoms with Crippen LogP contribution in [-0.2, 0) is 16.1 Å². The number of aromatic nitrogens is 4. The number of hydrogen-bond acceptors (Lipinski definition) is 5. The van der Waals surface area contributed by atoms with Crippen LogP contribution in [0.5, 0.6) is 0 Å². The van der Waals surface area contributed by atoms with E-state index in [1.165, 1.54) is 21.5 Å². The number of nitrogens with one attached hydrogen (secondary N) is 1. The van der Waals surface area contributed by atoms with Crippen LogP contribution in [0.25, 0.3) is 16.6 Å². The quantitative estimate of drug-likeness (QED) is 0.669. The fraction of sp³-hybridized carbons (Fsp3) is 0.429. The molecule has 1 aliphatic carbocycles. The molecule has 9 heteroatoms. The Kier molecular flexibility index (Phi) is 4.82. The zero-order valence-corrected chi connectivity index (χ0v) is 16.4. The van der Waals surface area contributed by atoms with Crippen LogP contribution < -0.4 is 10.9 Å². The summed E-state index contributed by atoms with van der Waals surface area (Å²) in [6, 6.07) is 5.78. The summed E-state index contributed by atoms with van der Waals surface area (Å²) in [6.07, 6.45) is 5.56. The first kappa shape index (κ1) is 18.9. The van der Waals surface area contributed by atoms with E-state index in [2.05, 4.69) is 15.5 Å². The molecule has 5 rings (SSSR count). The molecule has 0 radical (unpaired) electrons. The van der Waals surface area contributed by atoms with Crippen molar-refractivity contribution in [2.45, 2.75) is 44.2 Å². The third-order valence-corrected chi connectivity index (χ3v) is 5.59. The monoisotopic (exact) mass is 411 g/mol. The zero-order valence-electron chi connectivity index (χ0n) is 16.4. The fourth-order valence-corrected chi connectivity index (χ4v) is 3.86. The smallest absolute Gasteiger partial charge is 0.293 e.